The zero-order valence-corrected chi connectivity index (χ0v) is 22.3. The Morgan fingerprint density at radius 1 is 1.10 bits per heavy atom. The summed E-state index contributed by atoms with van der Waals surface area (Å²) in [6.07, 6.45) is 7.23. The van der Waals surface area contributed by atoms with Crippen molar-refractivity contribution in [3.8, 4) is 17.0 Å². The number of ether oxygens (including phenoxy) is 1. The van der Waals surface area contributed by atoms with Crippen molar-refractivity contribution < 1.29 is 27.9 Å². The molecule has 216 valence electrons. The Morgan fingerprint density at radius 2 is 1.79 bits per heavy atom. The van der Waals surface area contributed by atoms with E-state index < -0.39 is 12.5 Å². The minimum absolute atomic E-state index is 0.0325. The molecule has 11 nitrogen and oxygen atoms in total. The number of halogens is 2. The number of anilines is 1. The van der Waals surface area contributed by atoms with Gasteiger partial charge in [-0.25, -0.2) is 9.97 Å². The molecule has 5 rings (SSSR count). The fraction of sp³-hybridized carbons (Fsp3) is 0.241. The number of fused-ring (bicyclic) bond motifs is 1. The van der Waals surface area contributed by atoms with Crippen molar-refractivity contribution in [3.05, 3.63) is 73.1 Å². The van der Waals surface area contributed by atoms with E-state index in [1.54, 1.807) is 41.3 Å². The van der Waals surface area contributed by atoms with Gasteiger partial charge < -0.3 is 20.7 Å². The summed E-state index contributed by atoms with van der Waals surface area (Å²) >= 11 is 0. The Bertz CT molecular complexity index is 1630. The van der Waals surface area contributed by atoms with Gasteiger partial charge in [-0.1, -0.05) is 24.3 Å². The minimum atomic E-state index is -3.12. The maximum atomic E-state index is 13.5. The number of likely N-dealkylation sites (tertiary alicyclic amines) is 1. The fourth-order valence-corrected chi connectivity index (χ4v) is 4.89. The number of ketones is 1. The number of aromatic nitrogens is 4. The molecule has 1 aliphatic rings. The standard InChI is InChI=1S/C29H27F2N7O4/c30-29(31)42-25-13-20-5-2-1-4-19(20)12-21(25)26-23(35-28(41)22(14-32)27-33-8-3-9-34-27)15-38(36-26)16-24(40)18-6-10-37(17-39)11-7-18/h1-5,8-9,12-15,17-18,29H,6-7,10-11,16,32H2,(H,35,41). The quantitative estimate of drug-likeness (QED) is 0.216. The Balaban J connectivity index is 1.53. The van der Waals surface area contributed by atoms with Gasteiger partial charge in [0.25, 0.3) is 5.91 Å². The molecule has 2 aromatic carbocycles. The molecule has 0 atom stereocenters. The van der Waals surface area contributed by atoms with Crippen LogP contribution in [0.1, 0.15) is 18.7 Å². The van der Waals surface area contributed by atoms with Gasteiger partial charge in [-0.15, -0.1) is 0 Å². The van der Waals surface area contributed by atoms with Crippen LogP contribution < -0.4 is 15.8 Å². The van der Waals surface area contributed by atoms with Crippen LogP contribution in [0.2, 0.25) is 0 Å². The number of Topliss-reactive ketones (excluding diaryl/α,β-unsaturated/α-hetero) is 1. The first-order valence-corrected chi connectivity index (χ1v) is 13.1. The molecule has 1 aliphatic heterocycles. The number of benzene rings is 2. The van der Waals surface area contributed by atoms with Crippen molar-refractivity contribution in [1.82, 2.24) is 24.6 Å². The topological polar surface area (TPSA) is 145 Å². The molecular formula is C29H27F2N7O4. The van der Waals surface area contributed by atoms with Crippen LogP contribution >= 0.6 is 0 Å². The molecule has 2 amide bonds. The Morgan fingerprint density at radius 3 is 2.43 bits per heavy atom. The fourth-order valence-electron chi connectivity index (χ4n) is 4.89. The van der Waals surface area contributed by atoms with Crippen LogP contribution in [0, 0.1) is 5.92 Å². The molecule has 0 radical (unpaired) electrons. The summed E-state index contributed by atoms with van der Waals surface area (Å²) in [7, 11) is 0. The van der Waals surface area contributed by atoms with Gasteiger partial charge in [0.2, 0.25) is 6.41 Å². The highest BCUT2D eigenvalue weighted by molar-refractivity contribution is 6.24. The molecule has 13 heteroatoms. The number of carbonyl (C=O) groups is 3. The summed E-state index contributed by atoms with van der Waals surface area (Å²) in [5, 5.41) is 8.65. The van der Waals surface area contributed by atoms with Crippen LogP contribution in [0.25, 0.3) is 27.6 Å². The number of nitrogens with zero attached hydrogens (tertiary/aromatic N) is 5. The predicted octanol–water partition coefficient (Wildman–Crippen LogP) is 3.47. The molecule has 0 spiro atoms. The summed E-state index contributed by atoms with van der Waals surface area (Å²) in [4.78, 5) is 47.3. The van der Waals surface area contributed by atoms with Crippen LogP contribution in [-0.2, 0) is 20.9 Å². The lowest BCUT2D eigenvalue weighted by molar-refractivity contribution is -0.127. The van der Waals surface area contributed by atoms with Gasteiger partial charge in [-0.05, 0) is 41.8 Å². The number of hydrogen-bond donors (Lipinski definition) is 2. The van der Waals surface area contributed by atoms with Crippen molar-refractivity contribution in [2.24, 2.45) is 11.7 Å². The summed E-state index contributed by atoms with van der Waals surface area (Å²) in [6, 6.07) is 11.8. The molecule has 4 aromatic rings. The number of hydrogen-bond acceptors (Lipinski definition) is 8. The Hall–Kier alpha value is -5.20. The molecule has 42 heavy (non-hydrogen) atoms. The Kier molecular flexibility index (Phi) is 8.46. The maximum absolute atomic E-state index is 13.5. The third-order valence-electron chi connectivity index (χ3n) is 7.00. The molecule has 2 aromatic heterocycles. The number of piperidine rings is 1. The number of amides is 2. The monoisotopic (exact) mass is 575 g/mol. The smallest absolute Gasteiger partial charge is 0.387 e. The zero-order valence-electron chi connectivity index (χ0n) is 22.3. The van der Waals surface area contributed by atoms with Gasteiger partial charge >= 0.3 is 6.61 Å². The number of alkyl halides is 2. The van der Waals surface area contributed by atoms with Crippen molar-refractivity contribution in [1.29, 1.82) is 0 Å². The second-order valence-corrected chi connectivity index (χ2v) is 9.65. The highest BCUT2D eigenvalue weighted by Gasteiger charge is 2.27. The second kappa shape index (κ2) is 12.5. The van der Waals surface area contributed by atoms with Gasteiger partial charge in [0.05, 0.1) is 17.8 Å². The van der Waals surface area contributed by atoms with Crippen LogP contribution in [-0.4, -0.2) is 62.4 Å². The third-order valence-corrected chi connectivity index (χ3v) is 7.00. The van der Waals surface area contributed by atoms with Crippen molar-refractivity contribution in [2.45, 2.75) is 26.0 Å². The SMILES string of the molecule is NC=C(C(=O)Nc1cn(CC(=O)C2CCN(C=O)CC2)nc1-c1cc2ccccc2cc1OC(F)F)c1ncccn1. The van der Waals surface area contributed by atoms with E-state index in [0.29, 0.717) is 31.3 Å². The molecule has 3 heterocycles. The molecular weight excluding hydrogens is 548 g/mol. The first-order chi connectivity index (χ1) is 20.4. The van der Waals surface area contributed by atoms with E-state index in [1.165, 1.54) is 29.3 Å². The first-order valence-electron chi connectivity index (χ1n) is 13.1. The van der Waals surface area contributed by atoms with E-state index in [9.17, 15) is 23.2 Å². The number of nitrogens with one attached hydrogen (secondary N) is 1. The zero-order chi connectivity index (χ0) is 29.6. The summed E-state index contributed by atoms with van der Waals surface area (Å²) < 4.78 is 33.2. The van der Waals surface area contributed by atoms with Gasteiger partial charge in [-0.2, -0.15) is 13.9 Å². The third kappa shape index (κ3) is 6.24. The average molecular weight is 576 g/mol. The predicted molar refractivity (Wildman–Crippen MR) is 150 cm³/mol. The average Bonchev–Trinajstić information content (AvgIpc) is 3.38. The van der Waals surface area contributed by atoms with Gasteiger partial charge in [0, 0.05) is 49.4 Å². The molecule has 0 bridgehead atoms. The van der Waals surface area contributed by atoms with Crippen molar-refractivity contribution in [3.63, 3.8) is 0 Å². The lowest BCUT2D eigenvalue weighted by Crippen LogP contribution is -2.36. The van der Waals surface area contributed by atoms with Crippen LogP contribution in [0.4, 0.5) is 14.5 Å². The second-order valence-electron chi connectivity index (χ2n) is 9.65. The van der Waals surface area contributed by atoms with E-state index in [1.807, 2.05) is 0 Å². The first kappa shape index (κ1) is 28.3. The molecule has 3 N–H and O–H groups in total. The summed E-state index contributed by atoms with van der Waals surface area (Å²) in [5.74, 6) is -1.12. The largest absolute Gasteiger partial charge is 0.434 e. The van der Waals surface area contributed by atoms with Crippen molar-refractivity contribution in [2.75, 3.05) is 18.4 Å². The molecule has 0 aliphatic carbocycles. The number of carbonyl (C=O) groups excluding carboxylic acids is 3. The highest BCUT2D eigenvalue weighted by Crippen LogP contribution is 2.38. The molecule has 1 fully saturated rings. The van der Waals surface area contributed by atoms with Crippen molar-refractivity contribution >= 4 is 40.1 Å². The lowest BCUT2D eigenvalue weighted by Gasteiger charge is -2.28. The number of rotatable bonds is 10. The van der Waals surface area contributed by atoms with Gasteiger partial charge in [0.15, 0.2) is 11.6 Å². The van der Waals surface area contributed by atoms with E-state index in [4.69, 9.17) is 10.5 Å². The van der Waals surface area contributed by atoms with Gasteiger partial charge in [-0.3, -0.25) is 19.1 Å². The highest BCUT2D eigenvalue weighted by atomic mass is 19.3. The summed E-state index contributed by atoms with van der Waals surface area (Å²) in [6.45, 7) is -2.29. The van der Waals surface area contributed by atoms with Crippen LogP contribution in [0.15, 0.2) is 67.3 Å². The normalized spacial score (nSPS) is 14.3. The number of nitrogens with two attached hydrogens (primary N) is 1. The molecule has 0 unspecified atom stereocenters. The van der Waals surface area contributed by atoms with E-state index in [0.717, 1.165) is 18.0 Å². The summed E-state index contributed by atoms with van der Waals surface area (Å²) in [5.41, 5.74) is 6.12. The van der Waals surface area contributed by atoms with Crippen LogP contribution in [0.3, 0.4) is 0 Å². The molecule has 0 saturated carbocycles. The van der Waals surface area contributed by atoms with E-state index in [2.05, 4.69) is 20.4 Å². The lowest BCUT2D eigenvalue weighted by atomic mass is 9.93. The van der Waals surface area contributed by atoms with E-state index in [-0.39, 0.29) is 52.3 Å². The Labute approximate surface area is 239 Å². The van der Waals surface area contributed by atoms with Gasteiger partial charge in [0.1, 0.15) is 11.4 Å². The van der Waals surface area contributed by atoms with E-state index >= 15 is 0 Å². The van der Waals surface area contributed by atoms with Crippen LogP contribution in [0.5, 0.6) is 5.75 Å². The molecule has 1 saturated heterocycles. The maximum Gasteiger partial charge on any atom is 0.387 e. The minimum Gasteiger partial charge on any atom is -0.434 e.